The summed E-state index contributed by atoms with van der Waals surface area (Å²) in [6, 6.07) is 6.40. The summed E-state index contributed by atoms with van der Waals surface area (Å²) in [4.78, 5) is 1.90. The first-order valence-electron chi connectivity index (χ1n) is 10.1. The summed E-state index contributed by atoms with van der Waals surface area (Å²) in [6.45, 7) is 24.3. The van der Waals surface area contributed by atoms with Crippen molar-refractivity contribution in [1.82, 2.24) is 4.67 Å². The van der Waals surface area contributed by atoms with E-state index in [0.717, 1.165) is 5.69 Å². The maximum atomic E-state index is 14.4. The first-order chi connectivity index (χ1) is 12.6. The van der Waals surface area contributed by atoms with Crippen LogP contribution in [0.3, 0.4) is 0 Å². The van der Waals surface area contributed by atoms with E-state index in [9.17, 15) is 4.57 Å². The third-order valence-corrected chi connectivity index (χ3v) is 10.0. The number of nitrogens with zero attached hydrogens (tertiary/aromatic N) is 2. The average Bonchev–Trinajstić information content (AvgIpc) is 2.92. The number of benzene rings is 1. The molecule has 156 valence electrons. The molecule has 1 aliphatic rings. The summed E-state index contributed by atoms with van der Waals surface area (Å²) in [6.07, 6.45) is 1.79. The number of halogens is 1. The molecule has 1 aromatic carbocycles. The van der Waals surface area contributed by atoms with Crippen LogP contribution in [0.2, 0.25) is 0 Å². The summed E-state index contributed by atoms with van der Waals surface area (Å²) >= 11 is 6.73. The Balaban J connectivity index is 2.61. The van der Waals surface area contributed by atoms with E-state index in [1.54, 1.807) is 10.9 Å². The number of anilines is 1. The quantitative estimate of drug-likeness (QED) is 0.363. The molecule has 0 atom stereocenters. The van der Waals surface area contributed by atoms with Crippen molar-refractivity contribution >= 4 is 24.6 Å². The summed E-state index contributed by atoms with van der Waals surface area (Å²) in [5, 5.41) is -0.301. The molecule has 0 amide bonds. The molecule has 1 aromatic rings. The van der Waals surface area contributed by atoms with Gasteiger partial charge in [-0.1, -0.05) is 99.0 Å². The van der Waals surface area contributed by atoms with Crippen molar-refractivity contribution in [3.8, 4) is 0 Å². The highest BCUT2D eigenvalue weighted by Crippen LogP contribution is 2.71. The van der Waals surface area contributed by atoms with Gasteiger partial charge in [0.15, 0.2) is 7.29 Å². The molecule has 0 unspecified atom stereocenters. The van der Waals surface area contributed by atoms with Gasteiger partial charge in [-0.2, -0.15) is 0 Å². The van der Waals surface area contributed by atoms with Crippen LogP contribution in [0.25, 0.3) is 0 Å². The SMILES string of the molecule is CC(C)c1cccc(C(C)C)c1N1[C]N(P(=O)(C(C)(C)C)C(C)(C)C)C=C1Cl. The molecule has 0 saturated carbocycles. The smallest absolute Gasteiger partial charge is 0.220 e. The first kappa shape index (κ1) is 23.4. The molecule has 2 rings (SSSR count). The van der Waals surface area contributed by atoms with E-state index in [-0.39, 0.29) is 0 Å². The standard InChI is InChI=1S/C23H36ClN2OP/c1-16(2)18-12-11-13-19(17(3)4)21(18)26-15-25(14-20(26)24)28(27,22(5,6)7)23(8,9)10/h11-14,16-17H,1-10H3. The lowest BCUT2D eigenvalue weighted by atomic mass is 9.92. The zero-order valence-corrected chi connectivity index (χ0v) is 20.7. The Kier molecular flexibility index (Phi) is 6.45. The van der Waals surface area contributed by atoms with Crippen molar-refractivity contribution in [3.63, 3.8) is 0 Å². The van der Waals surface area contributed by atoms with Gasteiger partial charge in [0.25, 0.3) is 0 Å². The minimum atomic E-state index is -2.89. The molecule has 0 N–H and O–H groups in total. The lowest BCUT2D eigenvalue weighted by Crippen LogP contribution is -2.37. The largest absolute Gasteiger partial charge is 0.299 e. The summed E-state index contributed by atoms with van der Waals surface area (Å²) in [5.74, 6) is 0.678. The molecule has 28 heavy (non-hydrogen) atoms. The van der Waals surface area contributed by atoms with Gasteiger partial charge in [-0.3, -0.25) is 14.1 Å². The van der Waals surface area contributed by atoms with Crippen molar-refractivity contribution in [1.29, 1.82) is 0 Å². The molecule has 0 spiro atoms. The summed E-state index contributed by atoms with van der Waals surface area (Å²) in [5.41, 5.74) is 3.49. The van der Waals surface area contributed by atoms with E-state index in [1.165, 1.54) is 11.1 Å². The van der Waals surface area contributed by atoms with Crippen LogP contribution in [0.5, 0.6) is 0 Å². The van der Waals surface area contributed by atoms with E-state index < -0.39 is 17.6 Å². The van der Waals surface area contributed by atoms with E-state index in [1.807, 2.05) is 46.4 Å². The molecule has 2 radical (unpaired) electrons. The lowest BCUT2D eigenvalue weighted by Gasteiger charge is -2.45. The highest BCUT2D eigenvalue weighted by Gasteiger charge is 2.52. The molecule has 0 saturated heterocycles. The molecule has 1 heterocycles. The zero-order chi connectivity index (χ0) is 21.7. The van der Waals surface area contributed by atoms with Crippen molar-refractivity contribution in [2.75, 3.05) is 4.90 Å². The first-order valence-corrected chi connectivity index (χ1v) is 12.1. The molecular formula is C23H36ClN2OP. The molecule has 1 aliphatic heterocycles. The van der Waals surface area contributed by atoms with E-state index in [2.05, 4.69) is 52.6 Å². The Hall–Kier alpha value is -0.920. The second-order valence-corrected chi connectivity index (χ2v) is 14.9. The van der Waals surface area contributed by atoms with Gasteiger partial charge in [-0.25, -0.2) is 0 Å². The topological polar surface area (TPSA) is 23.6 Å². The number of hydrogen-bond acceptors (Lipinski definition) is 2. The van der Waals surface area contributed by atoms with Crippen LogP contribution in [0, 0.1) is 6.67 Å². The van der Waals surface area contributed by atoms with Crippen LogP contribution in [-0.2, 0) is 4.57 Å². The van der Waals surface area contributed by atoms with E-state index in [4.69, 9.17) is 11.6 Å². The molecule has 0 aliphatic carbocycles. The van der Waals surface area contributed by atoms with Crippen molar-refractivity contribution in [3.05, 3.63) is 47.4 Å². The Morgan fingerprint density at radius 3 is 1.71 bits per heavy atom. The summed E-state index contributed by atoms with van der Waals surface area (Å²) < 4.78 is 16.1. The normalized spacial score (nSPS) is 16.4. The zero-order valence-electron chi connectivity index (χ0n) is 19.1. The molecular weight excluding hydrogens is 387 g/mol. The van der Waals surface area contributed by atoms with Crippen molar-refractivity contribution < 1.29 is 4.57 Å². The highest BCUT2D eigenvalue weighted by atomic mass is 35.5. The van der Waals surface area contributed by atoms with Crippen molar-refractivity contribution in [2.45, 2.75) is 91.4 Å². The Morgan fingerprint density at radius 2 is 1.36 bits per heavy atom. The highest BCUT2D eigenvalue weighted by molar-refractivity contribution is 7.64. The van der Waals surface area contributed by atoms with Gasteiger partial charge in [0.05, 0.1) is 5.69 Å². The second-order valence-electron chi connectivity index (χ2n) is 10.2. The molecule has 0 bridgehead atoms. The fraction of sp³-hybridized carbons (Fsp3) is 0.609. The number of rotatable bonds is 4. The maximum Gasteiger partial charge on any atom is 0.220 e. The molecule has 0 fully saturated rings. The third-order valence-electron chi connectivity index (χ3n) is 5.33. The minimum absolute atomic E-state index is 0.339. The monoisotopic (exact) mass is 422 g/mol. The fourth-order valence-corrected chi connectivity index (χ4v) is 8.14. The third kappa shape index (κ3) is 3.90. The van der Waals surface area contributed by atoms with Gasteiger partial charge in [0.1, 0.15) is 5.16 Å². The van der Waals surface area contributed by atoms with Crippen LogP contribution >= 0.6 is 18.9 Å². The molecule has 0 aromatic heterocycles. The van der Waals surface area contributed by atoms with Crippen LogP contribution in [-0.4, -0.2) is 15.0 Å². The molecule has 5 heteroatoms. The predicted octanol–water partition coefficient (Wildman–Crippen LogP) is 7.96. The van der Waals surface area contributed by atoms with Crippen LogP contribution < -0.4 is 4.90 Å². The Labute approximate surface area is 177 Å². The van der Waals surface area contributed by atoms with Crippen LogP contribution in [0.1, 0.15) is 92.2 Å². The minimum Gasteiger partial charge on any atom is -0.299 e. The van der Waals surface area contributed by atoms with Gasteiger partial charge in [0.2, 0.25) is 6.67 Å². The van der Waals surface area contributed by atoms with Gasteiger partial charge < -0.3 is 0 Å². The second kappa shape index (κ2) is 7.73. The number of hydrogen-bond donors (Lipinski definition) is 0. The van der Waals surface area contributed by atoms with Gasteiger partial charge >= 0.3 is 0 Å². The van der Waals surface area contributed by atoms with Crippen LogP contribution in [0.4, 0.5) is 5.69 Å². The average molecular weight is 423 g/mol. The molecule has 3 nitrogen and oxygen atoms in total. The van der Waals surface area contributed by atoms with E-state index in [0.29, 0.717) is 17.0 Å². The van der Waals surface area contributed by atoms with E-state index >= 15 is 0 Å². The maximum absolute atomic E-state index is 14.4. The van der Waals surface area contributed by atoms with Gasteiger partial charge in [-0.05, 0) is 23.0 Å². The predicted molar refractivity (Wildman–Crippen MR) is 123 cm³/mol. The van der Waals surface area contributed by atoms with Gasteiger partial charge in [-0.15, -0.1) is 0 Å². The fourth-order valence-electron chi connectivity index (χ4n) is 4.06. The van der Waals surface area contributed by atoms with Crippen LogP contribution in [0.15, 0.2) is 29.6 Å². The summed E-state index contributed by atoms with van der Waals surface area (Å²) in [7, 11) is -2.89. The lowest BCUT2D eigenvalue weighted by molar-refractivity contribution is 0.467. The Bertz CT molecular complexity index is 756. The van der Waals surface area contributed by atoms with Gasteiger partial charge in [0, 0.05) is 16.5 Å². The van der Waals surface area contributed by atoms with Crippen molar-refractivity contribution in [2.24, 2.45) is 0 Å². The number of para-hydroxylation sites is 1. The Morgan fingerprint density at radius 1 is 0.929 bits per heavy atom.